The van der Waals surface area contributed by atoms with Gasteiger partial charge in [0, 0.05) is 11.9 Å². The third kappa shape index (κ3) is 4.47. The molecule has 1 amide bonds. The first kappa shape index (κ1) is 19.4. The zero-order valence-corrected chi connectivity index (χ0v) is 16.1. The number of hydrogen-bond acceptors (Lipinski definition) is 5. The van der Waals surface area contributed by atoms with Crippen LogP contribution in [0.4, 0.5) is 17.2 Å². The topological polar surface area (TPSA) is 80.3 Å². The molecule has 3 aromatic rings. The maximum absolute atomic E-state index is 12.5. The van der Waals surface area contributed by atoms with Crippen LogP contribution in [-0.4, -0.2) is 24.0 Å². The molecule has 28 heavy (non-hydrogen) atoms. The minimum atomic E-state index is -0.513. The average Bonchev–Trinajstić information content (AvgIpc) is 2.71. The first-order valence-electron chi connectivity index (χ1n) is 8.46. The SMILES string of the molecule is COC(=O)c1ccc(Cl)c(NC(=O)c2ccc(Nc3ccccc3C)nc2)c1. The van der Waals surface area contributed by atoms with Crippen LogP contribution in [0.2, 0.25) is 5.02 Å². The number of carbonyl (C=O) groups is 2. The number of ether oxygens (including phenoxy) is 1. The number of aromatic nitrogens is 1. The molecule has 0 bridgehead atoms. The first-order chi connectivity index (χ1) is 13.5. The molecule has 2 aromatic carbocycles. The van der Waals surface area contributed by atoms with E-state index in [-0.39, 0.29) is 11.5 Å². The number of halogens is 1. The lowest BCUT2D eigenvalue weighted by Crippen LogP contribution is -2.13. The molecule has 0 saturated heterocycles. The van der Waals surface area contributed by atoms with Gasteiger partial charge < -0.3 is 15.4 Å². The van der Waals surface area contributed by atoms with Crippen molar-refractivity contribution in [2.75, 3.05) is 17.7 Å². The molecule has 0 aliphatic rings. The van der Waals surface area contributed by atoms with Crippen LogP contribution in [0.25, 0.3) is 0 Å². The normalized spacial score (nSPS) is 10.2. The van der Waals surface area contributed by atoms with Crippen LogP contribution in [0.15, 0.2) is 60.8 Å². The van der Waals surface area contributed by atoms with E-state index in [0.717, 1.165) is 11.3 Å². The van der Waals surface area contributed by atoms with Gasteiger partial charge >= 0.3 is 5.97 Å². The maximum atomic E-state index is 12.5. The van der Waals surface area contributed by atoms with Crippen molar-refractivity contribution >= 4 is 40.7 Å². The molecule has 0 saturated carbocycles. The molecule has 142 valence electrons. The van der Waals surface area contributed by atoms with E-state index in [1.807, 2.05) is 31.2 Å². The highest BCUT2D eigenvalue weighted by Crippen LogP contribution is 2.24. The third-order valence-corrected chi connectivity index (χ3v) is 4.40. The predicted octanol–water partition coefficient (Wildman–Crippen LogP) is 4.83. The van der Waals surface area contributed by atoms with Crippen molar-refractivity contribution < 1.29 is 14.3 Å². The first-order valence-corrected chi connectivity index (χ1v) is 8.83. The highest BCUT2D eigenvalue weighted by atomic mass is 35.5. The third-order valence-electron chi connectivity index (χ3n) is 4.07. The van der Waals surface area contributed by atoms with E-state index in [2.05, 4.69) is 20.4 Å². The molecule has 0 radical (unpaired) electrons. The van der Waals surface area contributed by atoms with Crippen molar-refractivity contribution in [2.45, 2.75) is 6.92 Å². The van der Waals surface area contributed by atoms with Gasteiger partial charge in [-0.15, -0.1) is 0 Å². The Labute approximate surface area is 167 Å². The minimum Gasteiger partial charge on any atom is -0.465 e. The summed E-state index contributed by atoms with van der Waals surface area (Å²) in [5, 5.41) is 6.21. The Kier molecular flexibility index (Phi) is 5.91. The van der Waals surface area contributed by atoms with Crippen LogP contribution in [0.3, 0.4) is 0 Å². The summed E-state index contributed by atoms with van der Waals surface area (Å²) in [6.45, 7) is 2.00. The van der Waals surface area contributed by atoms with Crippen LogP contribution in [0.5, 0.6) is 0 Å². The predicted molar refractivity (Wildman–Crippen MR) is 109 cm³/mol. The molecule has 0 unspecified atom stereocenters. The number of nitrogens with one attached hydrogen (secondary N) is 2. The van der Waals surface area contributed by atoms with E-state index in [1.165, 1.54) is 31.5 Å². The van der Waals surface area contributed by atoms with Gasteiger partial charge in [-0.2, -0.15) is 0 Å². The maximum Gasteiger partial charge on any atom is 0.337 e. The van der Waals surface area contributed by atoms with Crippen molar-refractivity contribution in [2.24, 2.45) is 0 Å². The van der Waals surface area contributed by atoms with E-state index >= 15 is 0 Å². The fraction of sp³-hybridized carbons (Fsp3) is 0.0952. The molecule has 6 nitrogen and oxygen atoms in total. The number of pyridine rings is 1. The summed E-state index contributed by atoms with van der Waals surface area (Å²) in [5.74, 6) is -0.282. The Morgan fingerprint density at radius 1 is 1.00 bits per heavy atom. The number of benzene rings is 2. The van der Waals surface area contributed by atoms with Crippen LogP contribution in [-0.2, 0) is 4.74 Å². The van der Waals surface area contributed by atoms with Crippen molar-refractivity contribution in [3.05, 3.63) is 82.5 Å². The van der Waals surface area contributed by atoms with Gasteiger partial charge in [0.1, 0.15) is 5.82 Å². The smallest absolute Gasteiger partial charge is 0.337 e. The molecule has 0 spiro atoms. The van der Waals surface area contributed by atoms with Gasteiger partial charge in [-0.25, -0.2) is 9.78 Å². The number of aryl methyl sites for hydroxylation is 1. The number of para-hydroxylation sites is 1. The van der Waals surface area contributed by atoms with Crippen LogP contribution in [0.1, 0.15) is 26.3 Å². The van der Waals surface area contributed by atoms with Crippen molar-refractivity contribution in [1.82, 2.24) is 4.98 Å². The van der Waals surface area contributed by atoms with E-state index in [9.17, 15) is 9.59 Å². The molecular weight excluding hydrogens is 378 g/mol. The second-order valence-corrected chi connectivity index (χ2v) is 6.42. The molecule has 3 rings (SSSR count). The summed E-state index contributed by atoms with van der Waals surface area (Å²) < 4.78 is 4.68. The number of carbonyl (C=O) groups excluding carboxylic acids is 2. The quantitative estimate of drug-likeness (QED) is 0.605. The highest BCUT2D eigenvalue weighted by Gasteiger charge is 2.13. The second kappa shape index (κ2) is 8.54. The number of methoxy groups -OCH3 is 1. The average molecular weight is 396 g/mol. The van der Waals surface area contributed by atoms with E-state index < -0.39 is 5.97 Å². The highest BCUT2D eigenvalue weighted by molar-refractivity contribution is 6.34. The molecular formula is C21H18ClN3O3. The van der Waals surface area contributed by atoms with Gasteiger partial charge in [0.05, 0.1) is 28.9 Å². The van der Waals surface area contributed by atoms with Gasteiger partial charge in [0.25, 0.3) is 5.91 Å². The number of hydrogen-bond donors (Lipinski definition) is 2. The van der Waals surface area contributed by atoms with E-state index in [4.69, 9.17) is 11.6 Å². The Morgan fingerprint density at radius 2 is 1.75 bits per heavy atom. The molecule has 2 N–H and O–H groups in total. The fourth-order valence-corrected chi connectivity index (χ4v) is 2.68. The molecule has 0 aliphatic carbocycles. The van der Waals surface area contributed by atoms with Crippen LogP contribution < -0.4 is 10.6 Å². The molecule has 1 heterocycles. The number of rotatable bonds is 5. The lowest BCUT2D eigenvalue weighted by atomic mass is 10.2. The second-order valence-electron chi connectivity index (χ2n) is 6.01. The molecule has 0 fully saturated rings. The number of anilines is 3. The molecule has 0 atom stereocenters. The summed E-state index contributed by atoms with van der Waals surface area (Å²) >= 11 is 6.11. The summed E-state index contributed by atoms with van der Waals surface area (Å²) in [6, 6.07) is 15.7. The van der Waals surface area contributed by atoms with Gasteiger partial charge in [0.2, 0.25) is 0 Å². The van der Waals surface area contributed by atoms with Crippen molar-refractivity contribution in [3.63, 3.8) is 0 Å². The molecule has 0 aliphatic heterocycles. The van der Waals surface area contributed by atoms with Crippen molar-refractivity contribution in [3.8, 4) is 0 Å². The Hall–Kier alpha value is -3.38. The number of esters is 1. The van der Waals surface area contributed by atoms with E-state index in [0.29, 0.717) is 22.1 Å². The van der Waals surface area contributed by atoms with Crippen LogP contribution >= 0.6 is 11.6 Å². The standard InChI is InChI=1S/C21H18ClN3O3/c1-13-5-3-4-6-17(13)24-19-10-8-15(12-23-19)20(26)25-18-11-14(21(27)28-2)7-9-16(18)22/h3-12H,1-2H3,(H,23,24)(H,25,26). The molecule has 7 heteroatoms. The zero-order valence-electron chi connectivity index (χ0n) is 15.3. The van der Waals surface area contributed by atoms with Gasteiger partial charge in [0.15, 0.2) is 0 Å². The largest absolute Gasteiger partial charge is 0.465 e. The summed E-state index contributed by atoms with van der Waals surface area (Å²) in [4.78, 5) is 28.4. The van der Waals surface area contributed by atoms with Gasteiger partial charge in [-0.1, -0.05) is 29.8 Å². The van der Waals surface area contributed by atoms with Gasteiger partial charge in [-0.3, -0.25) is 4.79 Å². The van der Waals surface area contributed by atoms with Gasteiger partial charge in [-0.05, 0) is 48.9 Å². The van der Waals surface area contributed by atoms with Crippen LogP contribution in [0, 0.1) is 6.92 Å². The van der Waals surface area contributed by atoms with Crippen molar-refractivity contribution in [1.29, 1.82) is 0 Å². The summed E-state index contributed by atoms with van der Waals surface area (Å²) in [7, 11) is 1.29. The lowest BCUT2D eigenvalue weighted by molar-refractivity contribution is 0.0600. The Bertz CT molecular complexity index is 1020. The zero-order chi connectivity index (χ0) is 20.1. The minimum absolute atomic E-state index is 0.290. The fourth-order valence-electron chi connectivity index (χ4n) is 2.51. The monoisotopic (exact) mass is 395 g/mol. The summed E-state index contributed by atoms with van der Waals surface area (Å²) in [6.07, 6.45) is 1.47. The lowest BCUT2D eigenvalue weighted by Gasteiger charge is -2.10. The molecule has 1 aromatic heterocycles. The number of amides is 1. The number of nitrogens with zero attached hydrogens (tertiary/aromatic N) is 1. The van der Waals surface area contributed by atoms with E-state index in [1.54, 1.807) is 12.1 Å². The Balaban J connectivity index is 1.73. The Morgan fingerprint density at radius 3 is 2.43 bits per heavy atom. The summed E-state index contributed by atoms with van der Waals surface area (Å²) in [5.41, 5.74) is 2.99.